The topological polar surface area (TPSA) is 7.12 Å². The van der Waals surface area contributed by atoms with Crippen LogP contribution in [-0.2, 0) is 7.05 Å². The van der Waals surface area contributed by atoms with Crippen molar-refractivity contribution in [3.05, 3.63) is 59.4 Å². The summed E-state index contributed by atoms with van der Waals surface area (Å²) in [4.78, 5) is 2.14. The van der Waals surface area contributed by atoms with Gasteiger partial charge in [-0.1, -0.05) is 6.07 Å². The maximum atomic E-state index is 2.22. The first-order valence-electron chi connectivity index (χ1n) is 6.48. The molecule has 0 aliphatic heterocycles. The molecule has 0 amide bonds. The summed E-state index contributed by atoms with van der Waals surface area (Å²) >= 11 is 0. The van der Waals surface area contributed by atoms with E-state index in [9.17, 15) is 0 Å². The molecule has 1 aromatic heterocycles. The van der Waals surface area contributed by atoms with Crippen LogP contribution in [0.25, 0.3) is 12.2 Å². The molecular weight excluding hydrogens is 232 g/mol. The standard InChI is InChI=1S/C17H21N2/c1-14-13-15(9-11-17(14)18(2)3)8-10-16-7-5-6-12-19(16)4/h5-13H,1-4H3/q+1. The molecule has 2 nitrogen and oxygen atoms in total. The van der Waals surface area contributed by atoms with E-state index in [0.717, 1.165) is 0 Å². The number of aromatic nitrogens is 1. The Balaban J connectivity index is 2.25. The monoisotopic (exact) mass is 253 g/mol. The van der Waals surface area contributed by atoms with E-state index in [1.807, 2.05) is 6.07 Å². The summed E-state index contributed by atoms with van der Waals surface area (Å²) in [5, 5.41) is 0. The van der Waals surface area contributed by atoms with Crippen LogP contribution in [0.3, 0.4) is 0 Å². The molecule has 0 atom stereocenters. The minimum atomic E-state index is 1.19. The zero-order chi connectivity index (χ0) is 13.8. The van der Waals surface area contributed by atoms with E-state index in [-0.39, 0.29) is 0 Å². The highest BCUT2D eigenvalue weighted by molar-refractivity contribution is 5.69. The van der Waals surface area contributed by atoms with Crippen molar-refractivity contribution in [2.24, 2.45) is 7.05 Å². The van der Waals surface area contributed by atoms with Gasteiger partial charge >= 0.3 is 0 Å². The molecular formula is C17H21N2+. The van der Waals surface area contributed by atoms with Gasteiger partial charge in [0.25, 0.3) is 0 Å². The first-order chi connectivity index (χ1) is 9.08. The fourth-order valence-corrected chi connectivity index (χ4v) is 2.18. The molecule has 0 bridgehead atoms. The average molecular weight is 253 g/mol. The lowest BCUT2D eigenvalue weighted by Crippen LogP contribution is -2.30. The summed E-state index contributed by atoms with van der Waals surface area (Å²) in [7, 11) is 6.20. The normalized spacial score (nSPS) is 10.9. The summed E-state index contributed by atoms with van der Waals surface area (Å²) in [6, 6.07) is 12.7. The summed E-state index contributed by atoms with van der Waals surface area (Å²) in [5.74, 6) is 0. The van der Waals surface area contributed by atoms with E-state index in [0.29, 0.717) is 0 Å². The average Bonchev–Trinajstić information content (AvgIpc) is 2.37. The highest BCUT2D eigenvalue weighted by Crippen LogP contribution is 2.20. The second kappa shape index (κ2) is 5.70. The van der Waals surface area contributed by atoms with E-state index in [1.165, 1.54) is 22.5 Å². The fraction of sp³-hybridized carbons (Fsp3) is 0.235. The Morgan fingerprint density at radius 3 is 2.47 bits per heavy atom. The molecule has 0 fully saturated rings. The maximum Gasteiger partial charge on any atom is 0.204 e. The molecule has 0 saturated carbocycles. The van der Waals surface area contributed by atoms with E-state index in [1.54, 1.807) is 0 Å². The van der Waals surface area contributed by atoms with Gasteiger partial charge in [-0.25, -0.2) is 4.57 Å². The van der Waals surface area contributed by atoms with Gasteiger partial charge in [-0.05, 0) is 42.3 Å². The molecule has 0 spiro atoms. The lowest BCUT2D eigenvalue weighted by atomic mass is 10.1. The van der Waals surface area contributed by atoms with E-state index in [4.69, 9.17) is 0 Å². The first kappa shape index (κ1) is 13.3. The van der Waals surface area contributed by atoms with Gasteiger partial charge in [0.05, 0.1) is 0 Å². The molecule has 98 valence electrons. The molecule has 0 radical (unpaired) electrons. The van der Waals surface area contributed by atoms with Crippen LogP contribution in [-0.4, -0.2) is 14.1 Å². The Kier molecular flexibility index (Phi) is 4.00. The van der Waals surface area contributed by atoms with Gasteiger partial charge in [-0.15, -0.1) is 0 Å². The van der Waals surface area contributed by atoms with E-state index < -0.39 is 0 Å². The Bertz CT molecular complexity index is 598. The quantitative estimate of drug-likeness (QED) is 0.763. The minimum Gasteiger partial charge on any atom is -0.377 e. The smallest absolute Gasteiger partial charge is 0.204 e. The third-order valence-corrected chi connectivity index (χ3v) is 3.24. The number of nitrogens with zero attached hydrogens (tertiary/aromatic N) is 2. The van der Waals surface area contributed by atoms with Gasteiger partial charge in [0.2, 0.25) is 5.69 Å². The van der Waals surface area contributed by atoms with Gasteiger partial charge in [0.1, 0.15) is 7.05 Å². The van der Waals surface area contributed by atoms with E-state index >= 15 is 0 Å². The lowest BCUT2D eigenvalue weighted by molar-refractivity contribution is -0.673. The number of benzene rings is 1. The Labute approximate surface area is 115 Å². The first-order valence-corrected chi connectivity index (χ1v) is 6.48. The summed E-state index contributed by atoms with van der Waals surface area (Å²) < 4.78 is 2.11. The van der Waals surface area contributed by atoms with Crippen LogP contribution in [0.15, 0.2) is 42.6 Å². The highest BCUT2D eigenvalue weighted by Gasteiger charge is 2.02. The van der Waals surface area contributed by atoms with Crippen molar-refractivity contribution in [2.45, 2.75) is 6.92 Å². The maximum absolute atomic E-state index is 2.22. The molecule has 0 aliphatic rings. The van der Waals surface area contributed by atoms with Crippen LogP contribution < -0.4 is 9.47 Å². The van der Waals surface area contributed by atoms with Crippen molar-refractivity contribution in [2.75, 3.05) is 19.0 Å². The Hall–Kier alpha value is -2.09. The van der Waals surface area contributed by atoms with Crippen LogP contribution >= 0.6 is 0 Å². The molecule has 1 heterocycles. The zero-order valence-electron chi connectivity index (χ0n) is 12.1. The van der Waals surface area contributed by atoms with Crippen molar-refractivity contribution >= 4 is 17.8 Å². The lowest BCUT2D eigenvalue weighted by Gasteiger charge is -2.15. The van der Waals surface area contributed by atoms with Gasteiger partial charge in [0, 0.05) is 38.0 Å². The largest absolute Gasteiger partial charge is 0.377 e. The SMILES string of the molecule is Cc1cc(/C=C/c2cccc[n+]2C)ccc1N(C)C. The van der Waals surface area contributed by atoms with Crippen molar-refractivity contribution in [1.29, 1.82) is 0 Å². The van der Waals surface area contributed by atoms with Crippen LogP contribution in [0.2, 0.25) is 0 Å². The molecule has 0 N–H and O–H groups in total. The number of hydrogen-bond donors (Lipinski definition) is 0. The Morgan fingerprint density at radius 2 is 1.84 bits per heavy atom. The van der Waals surface area contributed by atoms with Gasteiger partial charge < -0.3 is 4.90 Å². The minimum absolute atomic E-state index is 1.19. The van der Waals surface area contributed by atoms with Crippen molar-refractivity contribution in [3.63, 3.8) is 0 Å². The predicted octanol–water partition coefficient (Wildman–Crippen LogP) is 3.06. The van der Waals surface area contributed by atoms with Crippen molar-refractivity contribution < 1.29 is 4.57 Å². The predicted molar refractivity (Wildman–Crippen MR) is 82.1 cm³/mol. The highest BCUT2D eigenvalue weighted by atomic mass is 15.1. The van der Waals surface area contributed by atoms with Crippen LogP contribution in [0.1, 0.15) is 16.8 Å². The van der Waals surface area contributed by atoms with Gasteiger partial charge in [0.15, 0.2) is 6.20 Å². The zero-order valence-corrected chi connectivity index (χ0v) is 12.1. The summed E-state index contributed by atoms with van der Waals surface area (Å²) in [5.41, 5.74) is 4.98. The van der Waals surface area contributed by atoms with Crippen molar-refractivity contribution in [1.82, 2.24) is 0 Å². The third-order valence-electron chi connectivity index (χ3n) is 3.24. The number of rotatable bonds is 3. The second-order valence-corrected chi connectivity index (χ2v) is 5.01. The molecule has 19 heavy (non-hydrogen) atoms. The molecule has 1 aromatic carbocycles. The Morgan fingerprint density at radius 1 is 1.05 bits per heavy atom. The third kappa shape index (κ3) is 3.22. The number of aryl methyl sites for hydroxylation is 2. The number of anilines is 1. The summed E-state index contributed by atoms with van der Waals surface area (Å²) in [6.07, 6.45) is 6.35. The molecule has 0 aliphatic carbocycles. The van der Waals surface area contributed by atoms with Gasteiger partial charge in [-0.2, -0.15) is 0 Å². The van der Waals surface area contributed by atoms with E-state index in [2.05, 4.69) is 86.2 Å². The van der Waals surface area contributed by atoms with Crippen molar-refractivity contribution in [3.8, 4) is 0 Å². The number of hydrogen-bond acceptors (Lipinski definition) is 1. The molecule has 2 heteroatoms. The molecule has 0 saturated heterocycles. The second-order valence-electron chi connectivity index (χ2n) is 5.01. The summed E-state index contributed by atoms with van der Waals surface area (Å²) in [6.45, 7) is 2.15. The van der Waals surface area contributed by atoms with Gasteiger partial charge in [-0.3, -0.25) is 0 Å². The fourth-order valence-electron chi connectivity index (χ4n) is 2.18. The van der Waals surface area contributed by atoms with Crippen LogP contribution in [0.5, 0.6) is 0 Å². The van der Waals surface area contributed by atoms with Crippen LogP contribution in [0.4, 0.5) is 5.69 Å². The number of pyridine rings is 1. The molecule has 2 rings (SSSR count). The molecule has 0 unspecified atom stereocenters. The van der Waals surface area contributed by atoms with Crippen LogP contribution in [0, 0.1) is 6.92 Å². The molecule has 2 aromatic rings.